The fourth-order valence-electron chi connectivity index (χ4n) is 2.94. The van der Waals surface area contributed by atoms with Crippen LogP contribution in [0.3, 0.4) is 0 Å². The second kappa shape index (κ2) is 8.65. The zero-order chi connectivity index (χ0) is 18.4. The number of rotatable bonds is 8. The third-order valence-electron chi connectivity index (χ3n) is 4.22. The van der Waals surface area contributed by atoms with Crippen molar-refractivity contribution in [3.8, 4) is 0 Å². The minimum absolute atomic E-state index is 0.102. The van der Waals surface area contributed by atoms with E-state index in [1.807, 2.05) is 4.90 Å². The van der Waals surface area contributed by atoms with E-state index in [4.69, 9.17) is 0 Å². The predicted molar refractivity (Wildman–Crippen MR) is 98.1 cm³/mol. The number of nitrogens with zero attached hydrogens (tertiary/aromatic N) is 1. The number of hydrogen-bond donors (Lipinski definition) is 2. The van der Waals surface area contributed by atoms with E-state index in [9.17, 15) is 14.4 Å². The molecule has 0 heterocycles. The number of benzene rings is 1. The SMILES string of the molecule is CCCN(CCC)C(=O)C1CC1C(=O)Nc1ccc(NC(C)=O)cc1. The molecule has 1 aromatic carbocycles. The molecular formula is C19H27N3O3. The molecule has 2 rings (SSSR count). The maximum absolute atomic E-state index is 12.5. The molecule has 1 aliphatic carbocycles. The van der Waals surface area contributed by atoms with Crippen LogP contribution in [0.5, 0.6) is 0 Å². The van der Waals surface area contributed by atoms with Crippen molar-refractivity contribution in [2.45, 2.75) is 40.0 Å². The molecule has 2 N–H and O–H groups in total. The topological polar surface area (TPSA) is 78.5 Å². The Balaban J connectivity index is 1.88. The molecule has 1 fully saturated rings. The first-order chi connectivity index (χ1) is 12.0. The fraction of sp³-hybridized carbons (Fsp3) is 0.526. The molecule has 0 aromatic heterocycles. The minimum Gasteiger partial charge on any atom is -0.342 e. The Morgan fingerprint density at radius 1 is 0.960 bits per heavy atom. The van der Waals surface area contributed by atoms with Crippen LogP contribution in [0.4, 0.5) is 11.4 Å². The van der Waals surface area contributed by atoms with Gasteiger partial charge in [-0.25, -0.2) is 0 Å². The molecule has 136 valence electrons. The zero-order valence-electron chi connectivity index (χ0n) is 15.2. The third kappa shape index (κ3) is 5.31. The second-order valence-corrected chi connectivity index (χ2v) is 6.52. The summed E-state index contributed by atoms with van der Waals surface area (Å²) >= 11 is 0. The molecule has 6 nitrogen and oxygen atoms in total. The van der Waals surface area contributed by atoms with Crippen LogP contribution < -0.4 is 10.6 Å². The monoisotopic (exact) mass is 345 g/mol. The van der Waals surface area contributed by atoms with Crippen LogP contribution in [0.2, 0.25) is 0 Å². The Hall–Kier alpha value is -2.37. The second-order valence-electron chi connectivity index (χ2n) is 6.52. The third-order valence-corrected chi connectivity index (χ3v) is 4.22. The summed E-state index contributed by atoms with van der Waals surface area (Å²) in [4.78, 5) is 37.7. The minimum atomic E-state index is -0.237. The Bertz CT molecular complexity index is 621. The molecule has 1 saturated carbocycles. The fourth-order valence-corrected chi connectivity index (χ4v) is 2.94. The van der Waals surface area contributed by atoms with E-state index < -0.39 is 0 Å². The van der Waals surface area contributed by atoms with Crippen LogP contribution in [0.1, 0.15) is 40.0 Å². The summed E-state index contributed by atoms with van der Waals surface area (Å²) in [6.07, 6.45) is 2.48. The van der Waals surface area contributed by atoms with Gasteiger partial charge < -0.3 is 15.5 Å². The Morgan fingerprint density at radius 3 is 1.96 bits per heavy atom. The van der Waals surface area contributed by atoms with Crippen molar-refractivity contribution in [1.29, 1.82) is 0 Å². The molecule has 0 aliphatic heterocycles. The average Bonchev–Trinajstić information content (AvgIpc) is 3.36. The van der Waals surface area contributed by atoms with Crippen LogP contribution >= 0.6 is 0 Å². The summed E-state index contributed by atoms with van der Waals surface area (Å²) in [6, 6.07) is 6.94. The number of hydrogen-bond acceptors (Lipinski definition) is 3. The van der Waals surface area contributed by atoms with Crippen molar-refractivity contribution >= 4 is 29.1 Å². The first-order valence-electron chi connectivity index (χ1n) is 8.93. The summed E-state index contributed by atoms with van der Waals surface area (Å²) in [7, 11) is 0. The Labute approximate surface area is 149 Å². The van der Waals surface area contributed by atoms with Crippen molar-refractivity contribution in [2.24, 2.45) is 11.8 Å². The number of anilines is 2. The summed E-state index contributed by atoms with van der Waals surface area (Å²) < 4.78 is 0. The molecule has 1 aliphatic rings. The lowest BCUT2D eigenvalue weighted by molar-refractivity contribution is -0.134. The van der Waals surface area contributed by atoms with Crippen LogP contribution in [0, 0.1) is 11.8 Å². The van der Waals surface area contributed by atoms with E-state index in [-0.39, 0.29) is 29.6 Å². The van der Waals surface area contributed by atoms with Crippen molar-refractivity contribution < 1.29 is 14.4 Å². The molecule has 0 saturated heterocycles. The molecule has 0 spiro atoms. The predicted octanol–water partition coefficient (Wildman–Crippen LogP) is 2.87. The van der Waals surface area contributed by atoms with E-state index in [2.05, 4.69) is 24.5 Å². The molecule has 25 heavy (non-hydrogen) atoms. The molecule has 6 heteroatoms. The molecule has 2 unspecified atom stereocenters. The molecule has 0 radical (unpaired) electrons. The standard InChI is InChI=1S/C19H27N3O3/c1-4-10-22(11-5-2)19(25)17-12-16(17)18(24)21-15-8-6-14(7-9-15)20-13(3)23/h6-9,16-17H,4-5,10-12H2,1-3H3,(H,20,23)(H,21,24). The van der Waals surface area contributed by atoms with Gasteiger partial charge in [-0.15, -0.1) is 0 Å². The van der Waals surface area contributed by atoms with Gasteiger partial charge in [0.2, 0.25) is 17.7 Å². The van der Waals surface area contributed by atoms with Crippen molar-refractivity contribution in [2.75, 3.05) is 23.7 Å². The van der Waals surface area contributed by atoms with Gasteiger partial charge in [-0.1, -0.05) is 13.8 Å². The van der Waals surface area contributed by atoms with Gasteiger partial charge in [0.15, 0.2) is 0 Å². The van der Waals surface area contributed by atoms with Gasteiger partial charge in [-0.3, -0.25) is 14.4 Å². The van der Waals surface area contributed by atoms with Crippen LogP contribution in [0.15, 0.2) is 24.3 Å². The smallest absolute Gasteiger partial charge is 0.228 e. The van der Waals surface area contributed by atoms with E-state index in [0.29, 0.717) is 17.8 Å². The molecule has 1 aromatic rings. The maximum atomic E-state index is 12.5. The van der Waals surface area contributed by atoms with E-state index in [1.165, 1.54) is 6.92 Å². The van der Waals surface area contributed by atoms with Crippen LogP contribution in [-0.2, 0) is 14.4 Å². The van der Waals surface area contributed by atoms with E-state index in [0.717, 1.165) is 25.9 Å². The van der Waals surface area contributed by atoms with Gasteiger partial charge in [-0.05, 0) is 43.5 Å². The Morgan fingerprint density at radius 2 is 1.48 bits per heavy atom. The zero-order valence-corrected chi connectivity index (χ0v) is 15.2. The van der Waals surface area contributed by atoms with Gasteiger partial charge in [0.25, 0.3) is 0 Å². The lowest BCUT2D eigenvalue weighted by Crippen LogP contribution is -2.34. The summed E-state index contributed by atoms with van der Waals surface area (Å²) in [5, 5.41) is 5.53. The molecular weight excluding hydrogens is 318 g/mol. The summed E-state index contributed by atoms with van der Waals surface area (Å²) in [5.74, 6) is -0.571. The van der Waals surface area contributed by atoms with E-state index >= 15 is 0 Å². The number of nitrogens with one attached hydrogen (secondary N) is 2. The van der Waals surface area contributed by atoms with Gasteiger partial charge in [-0.2, -0.15) is 0 Å². The maximum Gasteiger partial charge on any atom is 0.228 e. The quantitative estimate of drug-likeness (QED) is 0.760. The van der Waals surface area contributed by atoms with Gasteiger partial charge in [0.1, 0.15) is 0 Å². The van der Waals surface area contributed by atoms with Gasteiger partial charge in [0, 0.05) is 31.4 Å². The highest BCUT2D eigenvalue weighted by Gasteiger charge is 2.49. The van der Waals surface area contributed by atoms with Crippen LogP contribution in [0.25, 0.3) is 0 Å². The normalized spacial score (nSPS) is 18.4. The van der Waals surface area contributed by atoms with Crippen molar-refractivity contribution in [3.63, 3.8) is 0 Å². The van der Waals surface area contributed by atoms with Crippen molar-refractivity contribution in [3.05, 3.63) is 24.3 Å². The molecule has 2 atom stereocenters. The molecule has 0 bridgehead atoms. The largest absolute Gasteiger partial charge is 0.342 e. The number of carbonyl (C=O) groups excluding carboxylic acids is 3. The first-order valence-corrected chi connectivity index (χ1v) is 8.93. The van der Waals surface area contributed by atoms with Crippen LogP contribution in [-0.4, -0.2) is 35.7 Å². The van der Waals surface area contributed by atoms with Crippen molar-refractivity contribution in [1.82, 2.24) is 4.90 Å². The summed E-state index contributed by atoms with van der Waals surface area (Å²) in [5.41, 5.74) is 1.34. The lowest BCUT2D eigenvalue weighted by Gasteiger charge is -2.21. The highest BCUT2D eigenvalue weighted by atomic mass is 16.2. The first kappa shape index (κ1) is 19.0. The van der Waals surface area contributed by atoms with Gasteiger partial charge in [0.05, 0.1) is 11.8 Å². The highest BCUT2D eigenvalue weighted by molar-refractivity contribution is 5.99. The van der Waals surface area contributed by atoms with Gasteiger partial charge >= 0.3 is 0 Å². The lowest BCUT2D eigenvalue weighted by atomic mass is 10.2. The number of carbonyl (C=O) groups is 3. The Kier molecular flexibility index (Phi) is 6.56. The summed E-state index contributed by atoms with van der Waals surface area (Å²) in [6.45, 7) is 7.06. The molecule has 3 amide bonds. The van der Waals surface area contributed by atoms with E-state index in [1.54, 1.807) is 24.3 Å². The average molecular weight is 345 g/mol. The number of amides is 3. The highest BCUT2D eigenvalue weighted by Crippen LogP contribution is 2.41.